The van der Waals surface area contributed by atoms with Gasteiger partial charge in [-0.1, -0.05) is 117 Å². The molecule has 1 saturated heterocycles. The van der Waals surface area contributed by atoms with Gasteiger partial charge in [-0.05, 0) is 31.7 Å². The molecule has 2 unspecified atom stereocenters. The molecule has 0 aliphatic carbocycles. The van der Waals surface area contributed by atoms with E-state index in [-0.39, 0.29) is 31.0 Å². The number of hydrogen-bond acceptors (Lipinski definition) is 13. The van der Waals surface area contributed by atoms with Crippen LogP contribution in [0.15, 0.2) is 17.1 Å². The molecule has 0 saturated carbocycles. The van der Waals surface area contributed by atoms with Crippen molar-refractivity contribution in [1.82, 2.24) is 9.55 Å². The molecule has 4 atom stereocenters. The molecule has 0 amide bonds. The first kappa shape index (κ1) is 50.8. The van der Waals surface area contributed by atoms with Gasteiger partial charge < -0.3 is 39.7 Å². The Kier molecular flexibility index (Phi) is 27.7. The van der Waals surface area contributed by atoms with Crippen molar-refractivity contribution < 1.29 is 61.6 Å². The predicted octanol–water partition coefficient (Wildman–Crippen LogP) is 7.00. The highest BCUT2D eigenvalue weighted by molar-refractivity contribution is 7.60. The van der Waals surface area contributed by atoms with Gasteiger partial charge in [-0.3, -0.25) is 18.7 Å². The van der Waals surface area contributed by atoms with Crippen molar-refractivity contribution in [3.05, 3.63) is 22.7 Å². The zero-order chi connectivity index (χ0) is 41.0. The minimum atomic E-state index is -5.16. The van der Waals surface area contributed by atoms with Crippen LogP contribution in [0.4, 0.5) is 5.82 Å². The molecular formula is C36H67N3O14P2. The standard InChI is InChI=1S/C27H52O5.C9H15N3O9P2/c1-3-5-7-9-11-13-15-17-19-21-26(29)31-24-25(23-28)32-27(30)22-20-18-16-14-12-10-8-6-4-2;10-7-3-4-12(9(13)11-7)8-2-1-6(20-8)5-19-23(17,18)21-22(14,15)16/h25,28H,3-24H2,1-2H3;3-4,6,8H,1-2,5H2,(H,17,18)(H2,10,11,13)(H2,14,15,16)/t;6-,8+/m.0/s1. The van der Waals surface area contributed by atoms with Crippen molar-refractivity contribution in [2.24, 2.45) is 0 Å². The molecule has 1 aromatic heterocycles. The second-order valence-corrected chi connectivity index (χ2v) is 16.6. The number of nitrogens with two attached hydrogens (primary N) is 1. The largest absolute Gasteiger partial charge is 0.481 e. The van der Waals surface area contributed by atoms with E-state index in [1.165, 1.54) is 93.9 Å². The molecule has 1 aliphatic heterocycles. The summed E-state index contributed by atoms with van der Waals surface area (Å²) in [6.45, 7) is 3.63. The van der Waals surface area contributed by atoms with Crippen molar-refractivity contribution in [2.45, 2.75) is 174 Å². The molecule has 0 spiro atoms. The molecule has 17 nitrogen and oxygen atoms in total. The number of rotatable bonds is 30. The third-order valence-corrected chi connectivity index (χ3v) is 10.9. The van der Waals surface area contributed by atoms with E-state index in [1.54, 1.807) is 0 Å². The molecule has 19 heteroatoms. The van der Waals surface area contributed by atoms with Gasteiger partial charge in [0.05, 0.1) is 19.3 Å². The summed E-state index contributed by atoms with van der Waals surface area (Å²) in [4.78, 5) is 65.2. The lowest BCUT2D eigenvalue weighted by Gasteiger charge is -2.17. The number of carbonyl (C=O) groups excluding carboxylic acids is 2. The lowest BCUT2D eigenvalue weighted by atomic mass is 10.1. The molecule has 0 bridgehead atoms. The van der Waals surface area contributed by atoms with Gasteiger partial charge in [0.2, 0.25) is 0 Å². The molecule has 1 fully saturated rings. The van der Waals surface area contributed by atoms with Gasteiger partial charge in [-0.15, -0.1) is 0 Å². The van der Waals surface area contributed by atoms with Gasteiger partial charge in [0.1, 0.15) is 18.7 Å². The lowest BCUT2D eigenvalue weighted by molar-refractivity contribution is -0.161. The number of ether oxygens (including phenoxy) is 3. The first-order valence-electron chi connectivity index (χ1n) is 19.9. The molecule has 0 aromatic carbocycles. The van der Waals surface area contributed by atoms with Crippen LogP contribution in [0.2, 0.25) is 0 Å². The van der Waals surface area contributed by atoms with Gasteiger partial charge in [0, 0.05) is 19.0 Å². The van der Waals surface area contributed by atoms with E-state index in [0.717, 1.165) is 38.5 Å². The number of phosphoric ester groups is 1. The fraction of sp³-hybridized carbons (Fsp3) is 0.833. The number of hydrogen-bond donors (Lipinski definition) is 5. The summed E-state index contributed by atoms with van der Waals surface area (Å²) in [6, 6.07) is 1.42. The Labute approximate surface area is 325 Å². The highest BCUT2D eigenvalue weighted by atomic mass is 31.3. The number of aliphatic hydroxyl groups is 1. The monoisotopic (exact) mass is 827 g/mol. The number of anilines is 1. The van der Waals surface area contributed by atoms with Crippen molar-refractivity contribution in [1.29, 1.82) is 0 Å². The van der Waals surface area contributed by atoms with Gasteiger partial charge in [0.25, 0.3) is 0 Å². The van der Waals surface area contributed by atoms with E-state index < -0.39 is 46.4 Å². The number of aliphatic hydroxyl groups excluding tert-OH is 1. The molecule has 320 valence electrons. The zero-order valence-corrected chi connectivity index (χ0v) is 34.6. The molecule has 1 aliphatic rings. The zero-order valence-electron chi connectivity index (χ0n) is 32.8. The van der Waals surface area contributed by atoms with Crippen molar-refractivity contribution in [2.75, 3.05) is 25.6 Å². The summed E-state index contributed by atoms with van der Waals surface area (Å²) in [5, 5.41) is 9.40. The maximum atomic E-state index is 11.9. The fourth-order valence-corrected chi connectivity index (χ4v) is 7.40. The Bertz CT molecular complexity index is 1340. The number of carbonyl (C=O) groups is 2. The van der Waals surface area contributed by atoms with E-state index in [9.17, 15) is 28.6 Å². The topological polar surface area (TPSA) is 256 Å². The van der Waals surface area contributed by atoms with Crippen molar-refractivity contribution in [3.8, 4) is 0 Å². The SMILES string of the molecule is CCCCCCCCCCCC(=O)OCC(CO)OC(=O)CCCCCCCCCCC.Nc1ccn([C@H]2CC[C@@H](COP(=O)(O)OP(=O)(O)O)O2)c(=O)n1. The normalized spacial score (nSPS) is 17.2. The molecular weight excluding hydrogens is 760 g/mol. The smallest absolute Gasteiger partial charge is 0.462 e. The number of aromatic nitrogens is 2. The fourth-order valence-electron chi connectivity index (χ4n) is 5.78. The average molecular weight is 828 g/mol. The summed E-state index contributed by atoms with van der Waals surface area (Å²) < 4.78 is 47.1. The summed E-state index contributed by atoms with van der Waals surface area (Å²) in [5.74, 6) is -0.525. The van der Waals surface area contributed by atoms with Gasteiger partial charge in [0.15, 0.2) is 6.10 Å². The van der Waals surface area contributed by atoms with Crippen LogP contribution in [0, 0.1) is 0 Å². The minimum absolute atomic E-state index is 0.0593. The summed E-state index contributed by atoms with van der Waals surface area (Å²) in [6.07, 6.45) is 22.4. The van der Waals surface area contributed by atoms with E-state index in [1.807, 2.05) is 0 Å². The molecule has 2 heterocycles. The predicted molar refractivity (Wildman–Crippen MR) is 207 cm³/mol. The van der Waals surface area contributed by atoms with Crippen LogP contribution in [-0.2, 0) is 41.8 Å². The Balaban J connectivity index is 0.000000577. The highest BCUT2D eigenvalue weighted by Gasteiger charge is 2.35. The Hall–Kier alpha value is -2.20. The van der Waals surface area contributed by atoms with Crippen LogP contribution < -0.4 is 11.4 Å². The maximum absolute atomic E-state index is 11.9. The van der Waals surface area contributed by atoms with E-state index in [2.05, 4.69) is 27.7 Å². The van der Waals surface area contributed by atoms with Crippen LogP contribution in [0.25, 0.3) is 0 Å². The first-order valence-corrected chi connectivity index (χ1v) is 22.9. The molecule has 6 N–H and O–H groups in total. The van der Waals surface area contributed by atoms with Crippen LogP contribution >= 0.6 is 15.6 Å². The molecule has 0 radical (unpaired) electrons. The van der Waals surface area contributed by atoms with E-state index in [0.29, 0.717) is 25.7 Å². The van der Waals surface area contributed by atoms with Crippen molar-refractivity contribution in [3.63, 3.8) is 0 Å². The molecule has 55 heavy (non-hydrogen) atoms. The minimum Gasteiger partial charge on any atom is -0.462 e. The third kappa shape index (κ3) is 27.1. The van der Waals surface area contributed by atoms with Gasteiger partial charge in [-0.2, -0.15) is 9.29 Å². The van der Waals surface area contributed by atoms with Crippen molar-refractivity contribution >= 4 is 33.4 Å². The van der Waals surface area contributed by atoms with Crippen LogP contribution in [0.3, 0.4) is 0 Å². The second-order valence-electron chi connectivity index (χ2n) is 13.8. The Morgan fingerprint density at radius 3 is 1.85 bits per heavy atom. The number of nitrogens with zero attached hydrogens (tertiary/aromatic N) is 2. The first-order chi connectivity index (χ1) is 26.2. The molecule has 1 aromatic rings. The second kappa shape index (κ2) is 30.0. The number of esters is 2. The van der Waals surface area contributed by atoms with Gasteiger partial charge in [-0.25, -0.2) is 13.9 Å². The quantitative estimate of drug-likeness (QED) is 0.0297. The Morgan fingerprint density at radius 1 is 0.855 bits per heavy atom. The lowest BCUT2D eigenvalue weighted by Crippen LogP contribution is -2.28. The highest BCUT2D eigenvalue weighted by Crippen LogP contribution is 2.57. The Morgan fingerprint density at radius 2 is 1.36 bits per heavy atom. The summed E-state index contributed by atoms with van der Waals surface area (Å²) in [5.41, 5.74) is 4.78. The molecule has 2 rings (SSSR count). The summed E-state index contributed by atoms with van der Waals surface area (Å²) >= 11 is 0. The maximum Gasteiger partial charge on any atom is 0.481 e. The number of phosphoric acid groups is 2. The van der Waals surface area contributed by atoms with E-state index in [4.69, 9.17) is 34.6 Å². The van der Waals surface area contributed by atoms with Crippen LogP contribution in [-0.4, -0.2) is 73.3 Å². The van der Waals surface area contributed by atoms with Gasteiger partial charge >= 0.3 is 33.3 Å². The average Bonchev–Trinajstić information content (AvgIpc) is 3.59. The third-order valence-electron chi connectivity index (χ3n) is 8.78. The summed E-state index contributed by atoms with van der Waals surface area (Å²) in [7, 11) is -10.1. The van der Waals surface area contributed by atoms with E-state index >= 15 is 0 Å². The number of unbranched alkanes of at least 4 members (excludes halogenated alkanes) is 16. The number of nitrogen functional groups attached to an aromatic ring is 1. The van der Waals surface area contributed by atoms with Crippen LogP contribution in [0.5, 0.6) is 0 Å². The van der Waals surface area contributed by atoms with Crippen LogP contribution in [0.1, 0.15) is 161 Å².